The molecule has 0 aliphatic rings. The summed E-state index contributed by atoms with van der Waals surface area (Å²) in [5, 5.41) is 3.73. The molecule has 114 valence electrons. The summed E-state index contributed by atoms with van der Waals surface area (Å²) >= 11 is 3.57. The second kappa shape index (κ2) is 8.19. The van der Waals surface area contributed by atoms with Crippen molar-refractivity contribution in [3.63, 3.8) is 0 Å². The first-order valence-corrected chi connectivity index (χ1v) is 8.60. The SMILES string of the molecule is CCCNC(Cc1cccc(Br)c1)CC(C)C(C)(C)C. The van der Waals surface area contributed by atoms with Crippen LogP contribution in [0.5, 0.6) is 0 Å². The Labute approximate surface area is 133 Å². The Kier molecular flexibility index (Phi) is 7.25. The Morgan fingerprint density at radius 2 is 1.95 bits per heavy atom. The highest BCUT2D eigenvalue weighted by Crippen LogP contribution is 2.29. The first-order valence-electron chi connectivity index (χ1n) is 7.80. The molecule has 2 heteroatoms. The van der Waals surface area contributed by atoms with Gasteiger partial charge in [0.1, 0.15) is 0 Å². The molecule has 1 nitrogen and oxygen atoms in total. The Balaban J connectivity index is 2.69. The molecule has 0 aromatic heterocycles. The predicted molar refractivity (Wildman–Crippen MR) is 93.2 cm³/mol. The summed E-state index contributed by atoms with van der Waals surface area (Å²) in [6, 6.07) is 9.26. The topological polar surface area (TPSA) is 12.0 Å². The number of hydrogen-bond donors (Lipinski definition) is 1. The normalized spacial score (nSPS) is 15.1. The van der Waals surface area contributed by atoms with E-state index in [2.05, 4.69) is 80.1 Å². The molecule has 2 atom stereocenters. The Morgan fingerprint density at radius 1 is 1.25 bits per heavy atom. The van der Waals surface area contributed by atoms with Crippen LogP contribution in [0.25, 0.3) is 0 Å². The maximum Gasteiger partial charge on any atom is 0.0178 e. The molecule has 0 heterocycles. The van der Waals surface area contributed by atoms with E-state index in [1.165, 1.54) is 22.9 Å². The average molecular weight is 340 g/mol. The van der Waals surface area contributed by atoms with Crippen LogP contribution >= 0.6 is 15.9 Å². The van der Waals surface area contributed by atoms with Gasteiger partial charge in [0, 0.05) is 10.5 Å². The first-order chi connectivity index (χ1) is 9.32. The third-order valence-electron chi connectivity index (χ3n) is 4.17. The first kappa shape index (κ1) is 17.7. The van der Waals surface area contributed by atoms with Gasteiger partial charge in [-0.1, -0.05) is 62.7 Å². The summed E-state index contributed by atoms with van der Waals surface area (Å²) in [4.78, 5) is 0. The van der Waals surface area contributed by atoms with Gasteiger partial charge in [0.25, 0.3) is 0 Å². The predicted octanol–water partition coefficient (Wildman–Crippen LogP) is 5.43. The molecule has 20 heavy (non-hydrogen) atoms. The summed E-state index contributed by atoms with van der Waals surface area (Å²) in [6.45, 7) is 12.7. The molecule has 0 saturated heterocycles. The van der Waals surface area contributed by atoms with Gasteiger partial charge in [0.15, 0.2) is 0 Å². The highest BCUT2D eigenvalue weighted by molar-refractivity contribution is 9.10. The van der Waals surface area contributed by atoms with Crippen LogP contribution in [0.1, 0.15) is 53.0 Å². The molecular formula is C18H30BrN. The third-order valence-corrected chi connectivity index (χ3v) is 4.66. The number of hydrogen-bond acceptors (Lipinski definition) is 1. The van der Waals surface area contributed by atoms with Crippen LogP contribution < -0.4 is 5.32 Å². The van der Waals surface area contributed by atoms with E-state index >= 15 is 0 Å². The maximum atomic E-state index is 3.73. The molecule has 0 bridgehead atoms. The summed E-state index contributed by atoms with van der Waals surface area (Å²) < 4.78 is 1.17. The van der Waals surface area contributed by atoms with Crippen LogP contribution in [0.4, 0.5) is 0 Å². The fourth-order valence-electron chi connectivity index (χ4n) is 2.32. The van der Waals surface area contributed by atoms with Crippen molar-refractivity contribution in [2.45, 2.75) is 59.9 Å². The van der Waals surface area contributed by atoms with Gasteiger partial charge in [-0.15, -0.1) is 0 Å². The third kappa shape index (κ3) is 6.41. The van der Waals surface area contributed by atoms with Crippen molar-refractivity contribution < 1.29 is 0 Å². The fraction of sp³-hybridized carbons (Fsp3) is 0.667. The molecule has 1 rings (SSSR count). The number of halogens is 1. The van der Waals surface area contributed by atoms with Crippen molar-refractivity contribution in [1.82, 2.24) is 5.32 Å². The van der Waals surface area contributed by atoms with E-state index in [1.807, 2.05) is 0 Å². The van der Waals surface area contributed by atoms with Crippen LogP contribution in [0.15, 0.2) is 28.7 Å². The van der Waals surface area contributed by atoms with Gasteiger partial charge in [0.05, 0.1) is 0 Å². The Hall–Kier alpha value is -0.340. The molecule has 0 aliphatic heterocycles. The van der Waals surface area contributed by atoms with E-state index in [0.717, 1.165) is 13.0 Å². The lowest BCUT2D eigenvalue weighted by Gasteiger charge is -2.31. The second-order valence-corrected chi connectivity index (χ2v) is 7.90. The van der Waals surface area contributed by atoms with Crippen molar-refractivity contribution >= 4 is 15.9 Å². The quantitative estimate of drug-likeness (QED) is 0.698. The molecule has 0 aliphatic carbocycles. The molecule has 0 amide bonds. The standard InChI is InChI=1S/C18H30BrN/c1-6-10-20-17(11-14(2)18(3,4)5)13-15-8-7-9-16(19)12-15/h7-9,12,14,17,20H,6,10-11,13H2,1-5H3. The van der Waals surface area contributed by atoms with Crippen LogP contribution in [0.2, 0.25) is 0 Å². The minimum Gasteiger partial charge on any atom is -0.314 e. The van der Waals surface area contributed by atoms with Gasteiger partial charge in [-0.05, 0) is 54.8 Å². The molecule has 0 spiro atoms. The van der Waals surface area contributed by atoms with Gasteiger partial charge in [-0.25, -0.2) is 0 Å². The molecule has 1 N–H and O–H groups in total. The Bertz CT molecular complexity index is 395. The molecule has 1 aromatic carbocycles. The summed E-state index contributed by atoms with van der Waals surface area (Å²) in [6.07, 6.45) is 3.54. The van der Waals surface area contributed by atoms with E-state index in [9.17, 15) is 0 Å². The van der Waals surface area contributed by atoms with Crippen LogP contribution in [0, 0.1) is 11.3 Å². The molecule has 0 radical (unpaired) electrons. The Morgan fingerprint density at radius 3 is 2.50 bits per heavy atom. The zero-order valence-corrected chi connectivity index (χ0v) is 15.3. The van der Waals surface area contributed by atoms with E-state index in [1.54, 1.807) is 0 Å². The van der Waals surface area contributed by atoms with Crippen molar-refractivity contribution in [3.8, 4) is 0 Å². The van der Waals surface area contributed by atoms with E-state index in [-0.39, 0.29) is 0 Å². The van der Waals surface area contributed by atoms with Gasteiger partial charge in [-0.3, -0.25) is 0 Å². The van der Waals surface area contributed by atoms with Gasteiger partial charge >= 0.3 is 0 Å². The zero-order valence-electron chi connectivity index (χ0n) is 13.7. The zero-order chi connectivity index (χ0) is 15.2. The number of rotatable bonds is 7. The average Bonchev–Trinajstić information content (AvgIpc) is 2.34. The van der Waals surface area contributed by atoms with Crippen molar-refractivity contribution in [1.29, 1.82) is 0 Å². The summed E-state index contributed by atoms with van der Waals surface area (Å²) in [5.74, 6) is 0.712. The monoisotopic (exact) mass is 339 g/mol. The van der Waals surface area contributed by atoms with Gasteiger partial charge < -0.3 is 5.32 Å². The summed E-state index contributed by atoms with van der Waals surface area (Å²) in [5.41, 5.74) is 1.79. The van der Waals surface area contributed by atoms with Crippen LogP contribution in [0.3, 0.4) is 0 Å². The fourth-order valence-corrected chi connectivity index (χ4v) is 2.76. The maximum absolute atomic E-state index is 3.73. The highest BCUT2D eigenvalue weighted by Gasteiger charge is 2.23. The molecular weight excluding hydrogens is 310 g/mol. The van der Waals surface area contributed by atoms with Gasteiger partial charge in [-0.2, -0.15) is 0 Å². The van der Waals surface area contributed by atoms with E-state index < -0.39 is 0 Å². The lowest BCUT2D eigenvalue weighted by molar-refractivity contribution is 0.222. The lowest BCUT2D eigenvalue weighted by Crippen LogP contribution is -2.35. The minimum absolute atomic E-state index is 0.378. The minimum atomic E-state index is 0.378. The number of benzene rings is 1. The van der Waals surface area contributed by atoms with Crippen molar-refractivity contribution in [2.24, 2.45) is 11.3 Å². The highest BCUT2D eigenvalue weighted by atomic mass is 79.9. The molecule has 0 fully saturated rings. The largest absolute Gasteiger partial charge is 0.314 e. The van der Waals surface area contributed by atoms with Crippen LogP contribution in [-0.2, 0) is 6.42 Å². The molecule has 0 saturated carbocycles. The summed E-state index contributed by atoms with van der Waals surface area (Å²) in [7, 11) is 0. The van der Waals surface area contributed by atoms with Crippen molar-refractivity contribution in [2.75, 3.05) is 6.54 Å². The van der Waals surface area contributed by atoms with Gasteiger partial charge in [0.2, 0.25) is 0 Å². The smallest absolute Gasteiger partial charge is 0.0178 e. The second-order valence-electron chi connectivity index (χ2n) is 6.99. The molecule has 1 aromatic rings. The van der Waals surface area contributed by atoms with Crippen LogP contribution in [-0.4, -0.2) is 12.6 Å². The van der Waals surface area contributed by atoms with E-state index in [0.29, 0.717) is 17.4 Å². The van der Waals surface area contributed by atoms with E-state index in [4.69, 9.17) is 0 Å². The molecule has 2 unspecified atom stereocenters. The van der Waals surface area contributed by atoms with Crippen molar-refractivity contribution in [3.05, 3.63) is 34.3 Å². The number of nitrogens with one attached hydrogen (secondary N) is 1. The lowest BCUT2D eigenvalue weighted by atomic mass is 9.78.